The molecule has 1 heterocycles. The lowest BCUT2D eigenvalue weighted by Crippen LogP contribution is -2.57. The SMILES string of the molecule is COC(=C(C)C)C1([Si](C)(C)C)CCCCO1. The minimum Gasteiger partial charge on any atom is -0.498 e. The van der Waals surface area contributed by atoms with Crippen molar-refractivity contribution in [3.05, 3.63) is 11.3 Å². The first-order valence-electron chi connectivity index (χ1n) is 6.21. The molecule has 1 atom stereocenters. The molecule has 0 spiro atoms. The van der Waals surface area contributed by atoms with Gasteiger partial charge in [0.1, 0.15) is 11.0 Å². The Labute approximate surface area is 101 Å². The van der Waals surface area contributed by atoms with Crippen LogP contribution in [0.2, 0.25) is 19.6 Å². The summed E-state index contributed by atoms with van der Waals surface area (Å²) in [5.74, 6) is 1.09. The van der Waals surface area contributed by atoms with Crippen LogP contribution in [0.3, 0.4) is 0 Å². The zero-order valence-electron chi connectivity index (χ0n) is 11.6. The highest BCUT2D eigenvalue weighted by Gasteiger charge is 2.49. The van der Waals surface area contributed by atoms with Crippen LogP contribution in [0.4, 0.5) is 0 Å². The van der Waals surface area contributed by atoms with Crippen molar-refractivity contribution >= 4 is 8.07 Å². The van der Waals surface area contributed by atoms with Gasteiger partial charge in [0.15, 0.2) is 0 Å². The summed E-state index contributed by atoms with van der Waals surface area (Å²) < 4.78 is 11.9. The van der Waals surface area contributed by atoms with Gasteiger partial charge in [-0.2, -0.15) is 0 Å². The molecule has 1 aliphatic heterocycles. The molecule has 0 N–H and O–H groups in total. The maximum atomic E-state index is 6.22. The molecule has 0 aromatic heterocycles. The van der Waals surface area contributed by atoms with Crippen molar-refractivity contribution < 1.29 is 9.47 Å². The number of rotatable bonds is 3. The van der Waals surface area contributed by atoms with Crippen LogP contribution < -0.4 is 0 Å². The Kier molecular flexibility index (Phi) is 4.24. The monoisotopic (exact) mass is 242 g/mol. The van der Waals surface area contributed by atoms with Gasteiger partial charge in [0.05, 0.1) is 15.2 Å². The quantitative estimate of drug-likeness (QED) is 0.554. The van der Waals surface area contributed by atoms with Gasteiger partial charge in [-0.15, -0.1) is 0 Å². The average Bonchev–Trinajstić information content (AvgIpc) is 2.18. The van der Waals surface area contributed by atoms with Crippen molar-refractivity contribution in [3.8, 4) is 0 Å². The van der Waals surface area contributed by atoms with Crippen LogP contribution in [0.1, 0.15) is 33.1 Å². The van der Waals surface area contributed by atoms with Crippen LogP contribution in [0.25, 0.3) is 0 Å². The summed E-state index contributed by atoms with van der Waals surface area (Å²) >= 11 is 0. The first-order valence-corrected chi connectivity index (χ1v) is 9.71. The fraction of sp³-hybridized carbons (Fsp3) is 0.846. The third-order valence-electron chi connectivity index (χ3n) is 3.51. The molecule has 0 amide bonds. The molecule has 16 heavy (non-hydrogen) atoms. The normalized spacial score (nSPS) is 26.4. The lowest BCUT2D eigenvalue weighted by atomic mass is 10.0. The third-order valence-corrected chi connectivity index (χ3v) is 6.55. The zero-order chi connectivity index (χ0) is 12.4. The molecule has 1 saturated heterocycles. The number of ether oxygens (including phenoxy) is 2. The first kappa shape index (κ1) is 13.8. The van der Waals surface area contributed by atoms with Gasteiger partial charge in [0, 0.05) is 6.61 Å². The van der Waals surface area contributed by atoms with E-state index in [9.17, 15) is 0 Å². The summed E-state index contributed by atoms with van der Waals surface area (Å²) in [7, 11) is 0.321. The second-order valence-electron chi connectivity index (χ2n) is 5.92. The summed E-state index contributed by atoms with van der Waals surface area (Å²) in [6.07, 6.45) is 3.56. The minimum atomic E-state index is -1.46. The van der Waals surface area contributed by atoms with E-state index in [1.807, 2.05) is 0 Å². The summed E-state index contributed by atoms with van der Waals surface area (Å²) in [5.41, 5.74) is 1.26. The van der Waals surface area contributed by atoms with E-state index in [0.29, 0.717) is 0 Å². The predicted octanol–water partition coefficient (Wildman–Crippen LogP) is 3.74. The van der Waals surface area contributed by atoms with Crippen LogP contribution in [0.5, 0.6) is 0 Å². The van der Waals surface area contributed by atoms with Crippen LogP contribution in [-0.4, -0.2) is 27.0 Å². The Morgan fingerprint density at radius 3 is 2.12 bits per heavy atom. The highest BCUT2D eigenvalue weighted by Crippen LogP contribution is 2.41. The Hall–Kier alpha value is -0.283. The topological polar surface area (TPSA) is 18.5 Å². The predicted molar refractivity (Wildman–Crippen MR) is 71.3 cm³/mol. The standard InChI is InChI=1S/C13H26O2Si/c1-11(2)12(14-3)13(16(4,5)6)9-7-8-10-15-13/h7-10H2,1-6H3. The van der Waals surface area contributed by atoms with Crippen molar-refractivity contribution in [2.45, 2.75) is 58.0 Å². The fourth-order valence-electron chi connectivity index (χ4n) is 2.68. The van der Waals surface area contributed by atoms with Gasteiger partial charge >= 0.3 is 0 Å². The van der Waals surface area contributed by atoms with Crippen molar-refractivity contribution in [1.29, 1.82) is 0 Å². The zero-order valence-corrected chi connectivity index (χ0v) is 12.6. The van der Waals surface area contributed by atoms with Crippen LogP contribution in [-0.2, 0) is 9.47 Å². The molecule has 0 saturated carbocycles. The molecule has 0 aliphatic carbocycles. The molecular formula is C13H26O2Si. The third kappa shape index (κ3) is 2.35. The molecule has 1 rings (SSSR count). The Morgan fingerprint density at radius 2 is 1.81 bits per heavy atom. The average molecular weight is 242 g/mol. The summed E-state index contributed by atoms with van der Waals surface area (Å²) in [6, 6.07) is 0. The van der Waals surface area contributed by atoms with Gasteiger partial charge in [0.2, 0.25) is 0 Å². The molecule has 1 aliphatic rings. The molecule has 0 bridgehead atoms. The highest BCUT2D eigenvalue weighted by atomic mass is 28.3. The van der Waals surface area contributed by atoms with Crippen molar-refractivity contribution in [1.82, 2.24) is 0 Å². The Morgan fingerprint density at radius 1 is 1.19 bits per heavy atom. The maximum absolute atomic E-state index is 6.22. The number of hydrogen-bond donors (Lipinski definition) is 0. The molecule has 1 fully saturated rings. The number of methoxy groups -OCH3 is 1. The smallest absolute Gasteiger partial charge is 0.122 e. The van der Waals surface area contributed by atoms with E-state index >= 15 is 0 Å². The maximum Gasteiger partial charge on any atom is 0.122 e. The van der Waals surface area contributed by atoms with Crippen molar-refractivity contribution in [3.63, 3.8) is 0 Å². The van der Waals surface area contributed by atoms with E-state index < -0.39 is 8.07 Å². The Bertz CT molecular complexity index is 266. The van der Waals surface area contributed by atoms with Gasteiger partial charge in [0.25, 0.3) is 0 Å². The second-order valence-corrected chi connectivity index (χ2v) is 11.2. The van der Waals surface area contributed by atoms with E-state index in [-0.39, 0.29) is 5.22 Å². The molecule has 94 valence electrons. The molecule has 0 aromatic carbocycles. The second kappa shape index (κ2) is 4.92. The lowest BCUT2D eigenvalue weighted by Gasteiger charge is -2.47. The van der Waals surface area contributed by atoms with Crippen LogP contribution in [0, 0.1) is 0 Å². The van der Waals surface area contributed by atoms with E-state index in [4.69, 9.17) is 9.47 Å². The summed E-state index contributed by atoms with van der Waals surface area (Å²) in [4.78, 5) is 0. The largest absolute Gasteiger partial charge is 0.498 e. The van der Waals surface area contributed by atoms with E-state index in [1.165, 1.54) is 18.4 Å². The van der Waals surface area contributed by atoms with Crippen LogP contribution in [0.15, 0.2) is 11.3 Å². The molecule has 3 heteroatoms. The minimum absolute atomic E-state index is 0.0984. The summed E-state index contributed by atoms with van der Waals surface area (Å²) in [6.45, 7) is 12.3. The molecule has 0 aromatic rings. The molecule has 0 radical (unpaired) electrons. The van der Waals surface area contributed by atoms with Crippen molar-refractivity contribution in [2.75, 3.05) is 13.7 Å². The van der Waals surface area contributed by atoms with Crippen LogP contribution >= 0.6 is 0 Å². The van der Waals surface area contributed by atoms with E-state index in [0.717, 1.165) is 18.8 Å². The number of hydrogen-bond acceptors (Lipinski definition) is 2. The highest BCUT2D eigenvalue weighted by molar-refractivity contribution is 6.79. The molecule has 1 unspecified atom stereocenters. The van der Waals surface area contributed by atoms with Crippen molar-refractivity contribution in [2.24, 2.45) is 0 Å². The number of allylic oxidation sites excluding steroid dienone is 1. The van der Waals surface area contributed by atoms with Gasteiger partial charge in [-0.3, -0.25) is 0 Å². The Balaban J connectivity index is 3.18. The van der Waals surface area contributed by atoms with Gasteiger partial charge < -0.3 is 9.47 Å². The summed E-state index contributed by atoms with van der Waals surface area (Å²) in [5, 5.41) is -0.0984. The van der Waals surface area contributed by atoms with E-state index in [2.05, 4.69) is 33.5 Å². The van der Waals surface area contributed by atoms with Gasteiger partial charge in [-0.25, -0.2) is 0 Å². The fourth-order valence-corrected chi connectivity index (χ4v) is 5.17. The molecule has 2 nitrogen and oxygen atoms in total. The lowest BCUT2D eigenvalue weighted by molar-refractivity contribution is -0.0325. The first-order chi connectivity index (χ1) is 7.35. The van der Waals surface area contributed by atoms with Gasteiger partial charge in [-0.1, -0.05) is 19.6 Å². The van der Waals surface area contributed by atoms with Gasteiger partial charge in [-0.05, 0) is 38.7 Å². The molecular weight excluding hydrogens is 216 g/mol. The van der Waals surface area contributed by atoms with E-state index in [1.54, 1.807) is 7.11 Å².